The zero-order chi connectivity index (χ0) is 12.8. The van der Waals surface area contributed by atoms with E-state index in [1.807, 2.05) is 21.0 Å². The maximum absolute atomic E-state index is 11.5. The monoisotopic (exact) mass is 229 g/mol. The Bertz CT molecular complexity index is 214. The highest BCUT2D eigenvalue weighted by Crippen LogP contribution is 2.07. The minimum absolute atomic E-state index is 0.0661. The van der Waals surface area contributed by atoms with E-state index in [1.54, 1.807) is 0 Å². The fourth-order valence-corrected chi connectivity index (χ4v) is 1.07. The number of carbonyl (C=O) groups excluding carboxylic acids is 1. The molecule has 0 aromatic rings. The van der Waals surface area contributed by atoms with Gasteiger partial charge in [-0.05, 0) is 41.3 Å². The number of likely N-dealkylation sites (N-methyl/N-ethyl adjacent to an activating group) is 1. The summed E-state index contributed by atoms with van der Waals surface area (Å²) in [6, 6.07) is 0.260. The van der Waals surface area contributed by atoms with Crippen molar-refractivity contribution >= 4 is 5.91 Å². The first-order valence-electron chi connectivity index (χ1n) is 5.97. The molecule has 0 aliphatic heterocycles. The van der Waals surface area contributed by atoms with E-state index in [4.69, 9.17) is 0 Å². The molecule has 0 bridgehead atoms. The van der Waals surface area contributed by atoms with Crippen molar-refractivity contribution < 1.29 is 4.79 Å². The van der Waals surface area contributed by atoms with Crippen LogP contribution in [0.4, 0.5) is 0 Å². The van der Waals surface area contributed by atoms with Crippen molar-refractivity contribution in [2.45, 2.75) is 45.7 Å². The summed E-state index contributed by atoms with van der Waals surface area (Å²) in [7, 11) is 4.09. The molecule has 0 aliphatic rings. The first-order chi connectivity index (χ1) is 7.29. The molecule has 4 heteroatoms. The minimum atomic E-state index is 0.0661. The standard InChI is InChI=1S/C12H27N3O/c1-7-10(2)14-11(16)8-13-9-12(3,4)15(5)6/h10,13H,7-9H2,1-6H3,(H,14,16). The van der Waals surface area contributed by atoms with Crippen LogP contribution in [0.3, 0.4) is 0 Å². The molecule has 0 aliphatic carbocycles. The van der Waals surface area contributed by atoms with E-state index in [0.29, 0.717) is 6.54 Å². The van der Waals surface area contributed by atoms with Crippen molar-refractivity contribution in [3.8, 4) is 0 Å². The van der Waals surface area contributed by atoms with Gasteiger partial charge < -0.3 is 15.5 Å². The molecule has 16 heavy (non-hydrogen) atoms. The summed E-state index contributed by atoms with van der Waals surface area (Å²) < 4.78 is 0. The van der Waals surface area contributed by atoms with Gasteiger partial charge in [-0.15, -0.1) is 0 Å². The molecule has 0 saturated carbocycles. The predicted octanol–water partition coefficient (Wildman–Crippen LogP) is 0.831. The number of hydrogen-bond donors (Lipinski definition) is 2. The van der Waals surface area contributed by atoms with Crippen LogP contribution in [-0.4, -0.2) is 49.6 Å². The molecular formula is C12H27N3O. The zero-order valence-corrected chi connectivity index (χ0v) is 11.6. The average Bonchev–Trinajstić information content (AvgIpc) is 2.16. The van der Waals surface area contributed by atoms with Crippen LogP contribution in [0.15, 0.2) is 0 Å². The topological polar surface area (TPSA) is 44.4 Å². The lowest BCUT2D eigenvalue weighted by Gasteiger charge is -2.32. The van der Waals surface area contributed by atoms with E-state index >= 15 is 0 Å². The number of amides is 1. The van der Waals surface area contributed by atoms with Crippen LogP contribution in [0.1, 0.15) is 34.1 Å². The van der Waals surface area contributed by atoms with Crippen LogP contribution in [0.5, 0.6) is 0 Å². The quantitative estimate of drug-likeness (QED) is 0.680. The Morgan fingerprint density at radius 3 is 2.38 bits per heavy atom. The molecule has 0 saturated heterocycles. The lowest BCUT2D eigenvalue weighted by atomic mass is 10.0. The molecule has 0 aromatic heterocycles. The third-order valence-corrected chi connectivity index (χ3v) is 3.07. The molecule has 0 aromatic carbocycles. The van der Waals surface area contributed by atoms with Crippen molar-refractivity contribution in [2.75, 3.05) is 27.2 Å². The Morgan fingerprint density at radius 1 is 1.38 bits per heavy atom. The van der Waals surface area contributed by atoms with E-state index in [2.05, 4.69) is 36.3 Å². The van der Waals surface area contributed by atoms with Gasteiger partial charge in [0, 0.05) is 18.1 Å². The lowest BCUT2D eigenvalue weighted by molar-refractivity contribution is -0.120. The summed E-state index contributed by atoms with van der Waals surface area (Å²) in [5.41, 5.74) is 0.0661. The number of nitrogens with zero attached hydrogens (tertiary/aromatic N) is 1. The zero-order valence-electron chi connectivity index (χ0n) is 11.6. The average molecular weight is 229 g/mol. The first kappa shape index (κ1) is 15.4. The minimum Gasteiger partial charge on any atom is -0.353 e. The van der Waals surface area contributed by atoms with Gasteiger partial charge in [-0.25, -0.2) is 0 Å². The molecule has 4 nitrogen and oxygen atoms in total. The Hall–Kier alpha value is -0.610. The number of nitrogens with one attached hydrogen (secondary N) is 2. The summed E-state index contributed by atoms with van der Waals surface area (Å²) in [5, 5.41) is 6.11. The normalized spacial score (nSPS) is 13.9. The van der Waals surface area contributed by atoms with Crippen molar-refractivity contribution in [1.29, 1.82) is 0 Å². The van der Waals surface area contributed by atoms with Gasteiger partial charge in [-0.1, -0.05) is 6.92 Å². The molecule has 96 valence electrons. The highest BCUT2D eigenvalue weighted by atomic mass is 16.1. The molecule has 0 fully saturated rings. The third-order valence-electron chi connectivity index (χ3n) is 3.07. The van der Waals surface area contributed by atoms with Gasteiger partial charge >= 0.3 is 0 Å². The summed E-state index contributed by atoms with van der Waals surface area (Å²) in [5.74, 6) is 0.0731. The highest BCUT2D eigenvalue weighted by Gasteiger charge is 2.19. The Morgan fingerprint density at radius 2 is 1.94 bits per heavy atom. The van der Waals surface area contributed by atoms with E-state index in [9.17, 15) is 4.79 Å². The highest BCUT2D eigenvalue weighted by molar-refractivity contribution is 5.78. The van der Waals surface area contributed by atoms with Gasteiger partial charge in [0.15, 0.2) is 0 Å². The first-order valence-corrected chi connectivity index (χ1v) is 5.97. The van der Waals surface area contributed by atoms with Crippen LogP contribution < -0.4 is 10.6 Å². The van der Waals surface area contributed by atoms with Crippen LogP contribution in [0.2, 0.25) is 0 Å². The molecule has 1 atom stereocenters. The molecular weight excluding hydrogens is 202 g/mol. The van der Waals surface area contributed by atoms with Crippen LogP contribution in [-0.2, 0) is 4.79 Å². The van der Waals surface area contributed by atoms with Crippen molar-refractivity contribution in [3.63, 3.8) is 0 Å². The van der Waals surface area contributed by atoms with Gasteiger partial charge in [0.2, 0.25) is 5.91 Å². The molecule has 1 unspecified atom stereocenters. The number of carbonyl (C=O) groups is 1. The van der Waals surface area contributed by atoms with Gasteiger partial charge in [0.05, 0.1) is 6.54 Å². The fourth-order valence-electron chi connectivity index (χ4n) is 1.07. The predicted molar refractivity (Wildman–Crippen MR) is 68.5 cm³/mol. The number of rotatable bonds is 7. The second-order valence-corrected chi connectivity index (χ2v) is 5.19. The van der Waals surface area contributed by atoms with E-state index in [1.165, 1.54) is 0 Å². The van der Waals surface area contributed by atoms with Crippen LogP contribution >= 0.6 is 0 Å². The van der Waals surface area contributed by atoms with Gasteiger partial charge in [0.25, 0.3) is 0 Å². The molecule has 0 rings (SSSR count). The van der Waals surface area contributed by atoms with E-state index < -0.39 is 0 Å². The SMILES string of the molecule is CCC(C)NC(=O)CNCC(C)(C)N(C)C. The van der Waals surface area contributed by atoms with Crippen LogP contribution in [0, 0.1) is 0 Å². The van der Waals surface area contributed by atoms with E-state index in [-0.39, 0.29) is 17.5 Å². The second-order valence-electron chi connectivity index (χ2n) is 5.19. The lowest BCUT2D eigenvalue weighted by Crippen LogP contribution is -2.49. The summed E-state index contributed by atoms with van der Waals surface area (Å²) in [6.45, 7) is 9.56. The molecule has 2 N–H and O–H groups in total. The Labute approximate surface area is 99.8 Å². The van der Waals surface area contributed by atoms with Gasteiger partial charge in [-0.3, -0.25) is 4.79 Å². The molecule has 1 amide bonds. The van der Waals surface area contributed by atoms with Crippen molar-refractivity contribution in [3.05, 3.63) is 0 Å². The number of hydrogen-bond acceptors (Lipinski definition) is 3. The summed E-state index contributed by atoms with van der Waals surface area (Å²) in [6.07, 6.45) is 0.967. The van der Waals surface area contributed by atoms with Gasteiger partial charge in [0.1, 0.15) is 0 Å². The summed E-state index contributed by atoms with van der Waals surface area (Å²) >= 11 is 0. The second kappa shape index (κ2) is 6.86. The summed E-state index contributed by atoms with van der Waals surface area (Å²) in [4.78, 5) is 13.6. The van der Waals surface area contributed by atoms with Crippen LogP contribution in [0.25, 0.3) is 0 Å². The van der Waals surface area contributed by atoms with Crippen molar-refractivity contribution in [2.24, 2.45) is 0 Å². The van der Waals surface area contributed by atoms with Crippen molar-refractivity contribution in [1.82, 2.24) is 15.5 Å². The molecule has 0 radical (unpaired) electrons. The van der Waals surface area contributed by atoms with E-state index in [0.717, 1.165) is 13.0 Å². The maximum atomic E-state index is 11.5. The maximum Gasteiger partial charge on any atom is 0.234 e. The fraction of sp³-hybridized carbons (Fsp3) is 0.917. The third kappa shape index (κ3) is 6.08. The Kier molecular flexibility index (Phi) is 6.60. The molecule has 0 spiro atoms. The smallest absolute Gasteiger partial charge is 0.234 e. The largest absolute Gasteiger partial charge is 0.353 e. The Balaban J connectivity index is 3.78. The molecule has 0 heterocycles. The van der Waals surface area contributed by atoms with Gasteiger partial charge in [-0.2, -0.15) is 0 Å².